The van der Waals surface area contributed by atoms with Gasteiger partial charge in [-0.15, -0.1) is 0 Å². The van der Waals surface area contributed by atoms with Crippen molar-refractivity contribution >= 4 is 0 Å². The minimum absolute atomic E-state index is 0.589. The number of imidazole rings is 1. The summed E-state index contributed by atoms with van der Waals surface area (Å²) < 4.78 is 2.34. The van der Waals surface area contributed by atoms with Crippen LogP contribution in [0.15, 0.2) is 49.1 Å². The predicted octanol–water partition coefficient (Wildman–Crippen LogP) is 3.91. The Balaban J connectivity index is 2.14. The molecule has 0 aliphatic carbocycles. The van der Waals surface area contributed by atoms with Crippen LogP contribution in [0, 0.1) is 5.92 Å². The number of rotatable bonds is 7. The molecule has 2 rings (SSSR count). The van der Waals surface area contributed by atoms with Gasteiger partial charge in [0.2, 0.25) is 6.33 Å². The fourth-order valence-corrected chi connectivity index (χ4v) is 3.01. The molecule has 1 aromatic carbocycles. The maximum Gasteiger partial charge on any atom is 0.241 e. The Labute approximate surface area is 116 Å². The summed E-state index contributed by atoms with van der Waals surface area (Å²) in [5, 5.41) is 0. The van der Waals surface area contributed by atoms with Crippen LogP contribution in [0.2, 0.25) is 0 Å². The van der Waals surface area contributed by atoms with Gasteiger partial charge in [0, 0.05) is 5.92 Å². The largest absolute Gasteiger partial charge is 0.250 e. The third-order valence-corrected chi connectivity index (χ3v) is 3.91. The summed E-state index contributed by atoms with van der Waals surface area (Å²) in [6.07, 6.45) is 11.1. The molecule has 1 N–H and O–H groups in total. The van der Waals surface area contributed by atoms with E-state index in [1.54, 1.807) is 0 Å². The highest BCUT2D eigenvalue weighted by atomic mass is 15.1. The topological polar surface area (TPSA) is 19.7 Å². The second kappa shape index (κ2) is 7.13. The zero-order valence-corrected chi connectivity index (χ0v) is 12.0. The van der Waals surface area contributed by atoms with E-state index >= 15 is 0 Å². The molecular formula is C17H25N2+. The van der Waals surface area contributed by atoms with E-state index in [4.69, 9.17) is 0 Å². The maximum absolute atomic E-state index is 3.17. The van der Waals surface area contributed by atoms with Crippen molar-refractivity contribution in [2.45, 2.75) is 45.6 Å². The first kappa shape index (κ1) is 13.9. The average molecular weight is 257 g/mol. The molecule has 0 spiro atoms. The highest BCUT2D eigenvalue weighted by Crippen LogP contribution is 2.25. The minimum atomic E-state index is 0.589. The Morgan fingerprint density at radius 1 is 1.16 bits per heavy atom. The Kier molecular flexibility index (Phi) is 5.20. The molecule has 0 aliphatic heterocycles. The van der Waals surface area contributed by atoms with Gasteiger partial charge in [-0.2, -0.15) is 0 Å². The highest BCUT2D eigenvalue weighted by Gasteiger charge is 2.24. The monoisotopic (exact) mass is 257 g/mol. The van der Waals surface area contributed by atoms with Crippen molar-refractivity contribution < 1.29 is 4.57 Å². The summed E-state index contributed by atoms with van der Waals surface area (Å²) in [5.74, 6) is 0.707. The molecule has 0 saturated carbocycles. The van der Waals surface area contributed by atoms with E-state index in [0.717, 1.165) is 0 Å². The summed E-state index contributed by atoms with van der Waals surface area (Å²) in [6, 6.07) is 11.5. The van der Waals surface area contributed by atoms with E-state index in [1.165, 1.54) is 31.2 Å². The van der Waals surface area contributed by atoms with E-state index in [2.05, 4.69) is 66.3 Å². The lowest BCUT2D eigenvalue weighted by Gasteiger charge is -2.23. The van der Waals surface area contributed by atoms with E-state index in [-0.39, 0.29) is 0 Å². The van der Waals surface area contributed by atoms with Crippen LogP contribution in [0.5, 0.6) is 0 Å². The Hall–Kier alpha value is -1.57. The molecule has 2 atom stereocenters. The zero-order chi connectivity index (χ0) is 13.5. The standard InChI is InChI=1S/C17H24N2/c1-3-8-16(13-15-9-6-5-7-10-15)17(4-2)19-12-11-18-14-19/h5-7,9-12,14,16-17H,3-4,8,13H2,1-2H3/p+1. The number of H-pyrrole nitrogens is 1. The quantitative estimate of drug-likeness (QED) is 0.726. The molecule has 0 radical (unpaired) electrons. The Morgan fingerprint density at radius 2 is 1.95 bits per heavy atom. The van der Waals surface area contributed by atoms with Crippen LogP contribution in [0.3, 0.4) is 0 Å². The van der Waals surface area contributed by atoms with Gasteiger partial charge in [0.25, 0.3) is 0 Å². The summed E-state index contributed by atoms with van der Waals surface area (Å²) in [7, 11) is 0. The van der Waals surface area contributed by atoms with Crippen molar-refractivity contribution in [1.82, 2.24) is 4.98 Å². The van der Waals surface area contributed by atoms with E-state index < -0.39 is 0 Å². The van der Waals surface area contributed by atoms with E-state index in [1.807, 2.05) is 6.20 Å². The molecule has 0 bridgehead atoms. The molecule has 0 fully saturated rings. The van der Waals surface area contributed by atoms with Gasteiger partial charge in [-0.25, -0.2) is 4.57 Å². The molecule has 1 heterocycles. The number of aromatic nitrogens is 2. The first-order valence-corrected chi connectivity index (χ1v) is 7.42. The third kappa shape index (κ3) is 3.69. The smallest absolute Gasteiger partial charge is 0.241 e. The van der Waals surface area contributed by atoms with Gasteiger partial charge in [0.1, 0.15) is 18.4 Å². The number of hydrogen-bond donors (Lipinski definition) is 1. The molecule has 2 aromatic rings. The zero-order valence-electron chi connectivity index (χ0n) is 12.0. The van der Waals surface area contributed by atoms with Crippen molar-refractivity contribution in [3.8, 4) is 0 Å². The summed E-state index contributed by atoms with van der Waals surface area (Å²) in [6.45, 7) is 4.57. The highest BCUT2D eigenvalue weighted by molar-refractivity contribution is 5.15. The molecule has 0 saturated heterocycles. The minimum Gasteiger partial charge on any atom is -0.250 e. The fourth-order valence-electron chi connectivity index (χ4n) is 3.01. The fraction of sp³-hybridized carbons (Fsp3) is 0.471. The summed E-state index contributed by atoms with van der Waals surface area (Å²) in [4.78, 5) is 3.17. The number of benzene rings is 1. The van der Waals surface area contributed by atoms with Crippen molar-refractivity contribution in [3.05, 3.63) is 54.6 Å². The molecule has 1 aromatic heterocycles. The molecular weight excluding hydrogens is 232 g/mol. The number of nitrogens with one attached hydrogen (secondary N) is 1. The first-order valence-electron chi connectivity index (χ1n) is 7.42. The molecule has 0 amide bonds. The first-order chi connectivity index (χ1) is 9.35. The van der Waals surface area contributed by atoms with Crippen molar-refractivity contribution in [3.63, 3.8) is 0 Å². The van der Waals surface area contributed by atoms with Crippen molar-refractivity contribution in [1.29, 1.82) is 0 Å². The molecule has 2 unspecified atom stereocenters. The maximum atomic E-state index is 3.17. The Morgan fingerprint density at radius 3 is 2.53 bits per heavy atom. The van der Waals surface area contributed by atoms with Crippen LogP contribution in [0.25, 0.3) is 0 Å². The van der Waals surface area contributed by atoms with Gasteiger partial charge >= 0.3 is 0 Å². The normalized spacial score (nSPS) is 14.2. The summed E-state index contributed by atoms with van der Waals surface area (Å²) in [5.41, 5.74) is 1.45. The van der Waals surface area contributed by atoms with Gasteiger partial charge < -0.3 is 0 Å². The lowest BCUT2D eigenvalue weighted by Crippen LogP contribution is -2.42. The van der Waals surface area contributed by atoms with Crippen LogP contribution in [0.1, 0.15) is 44.7 Å². The van der Waals surface area contributed by atoms with Crippen molar-refractivity contribution in [2.75, 3.05) is 0 Å². The van der Waals surface area contributed by atoms with Gasteiger partial charge in [-0.1, -0.05) is 50.6 Å². The molecule has 0 aliphatic rings. The van der Waals surface area contributed by atoms with Crippen LogP contribution >= 0.6 is 0 Å². The predicted molar refractivity (Wildman–Crippen MR) is 78.9 cm³/mol. The lowest BCUT2D eigenvalue weighted by molar-refractivity contribution is -0.729. The van der Waals surface area contributed by atoms with Gasteiger partial charge in [-0.3, -0.25) is 4.98 Å². The van der Waals surface area contributed by atoms with Crippen LogP contribution in [0.4, 0.5) is 0 Å². The van der Waals surface area contributed by atoms with Crippen LogP contribution in [-0.4, -0.2) is 4.98 Å². The average Bonchev–Trinajstić information content (AvgIpc) is 2.95. The number of aromatic amines is 1. The van der Waals surface area contributed by atoms with E-state index in [0.29, 0.717) is 12.0 Å². The van der Waals surface area contributed by atoms with Crippen LogP contribution < -0.4 is 4.57 Å². The summed E-state index contributed by atoms with van der Waals surface area (Å²) >= 11 is 0. The van der Waals surface area contributed by atoms with Gasteiger partial charge in [0.05, 0.1) is 0 Å². The van der Waals surface area contributed by atoms with E-state index in [9.17, 15) is 0 Å². The molecule has 102 valence electrons. The molecule has 2 nitrogen and oxygen atoms in total. The number of nitrogens with zero attached hydrogens (tertiary/aromatic N) is 1. The number of hydrogen-bond acceptors (Lipinski definition) is 0. The molecule has 19 heavy (non-hydrogen) atoms. The van der Waals surface area contributed by atoms with Gasteiger partial charge in [0.15, 0.2) is 0 Å². The second-order valence-electron chi connectivity index (χ2n) is 5.27. The second-order valence-corrected chi connectivity index (χ2v) is 5.27. The Bertz CT molecular complexity index is 447. The third-order valence-electron chi connectivity index (χ3n) is 3.91. The van der Waals surface area contributed by atoms with Crippen LogP contribution in [-0.2, 0) is 6.42 Å². The van der Waals surface area contributed by atoms with Gasteiger partial charge in [-0.05, 0) is 24.8 Å². The van der Waals surface area contributed by atoms with Crippen molar-refractivity contribution in [2.24, 2.45) is 5.92 Å². The SMILES string of the molecule is CCCC(Cc1ccccc1)C(CC)[n+]1cc[nH]c1. The molecule has 2 heteroatoms. The lowest BCUT2D eigenvalue weighted by atomic mass is 9.87.